The van der Waals surface area contributed by atoms with Crippen molar-refractivity contribution < 1.29 is 9.50 Å². The molecule has 78 valence electrons. The van der Waals surface area contributed by atoms with E-state index in [9.17, 15) is 9.50 Å². The van der Waals surface area contributed by atoms with Crippen LogP contribution in [0.2, 0.25) is 0 Å². The maximum atomic E-state index is 12.6. The van der Waals surface area contributed by atoms with Gasteiger partial charge in [-0.25, -0.2) is 4.39 Å². The maximum absolute atomic E-state index is 12.6. The molecule has 0 spiro atoms. The summed E-state index contributed by atoms with van der Waals surface area (Å²) < 4.78 is 12.6. The Labute approximate surface area is 84.6 Å². The van der Waals surface area contributed by atoms with Gasteiger partial charge in [-0.3, -0.25) is 0 Å². The van der Waals surface area contributed by atoms with Gasteiger partial charge in [0, 0.05) is 0 Å². The minimum Gasteiger partial charge on any atom is -0.393 e. The summed E-state index contributed by atoms with van der Waals surface area (Å²) in [6.07, 6.45) is 1.08. The summed E-state index contributed by atoms with van der Waals surface area (Å²) in [7, 11) is 0. The molecule has 1 nitrogen and oxygen atoms in total. The van der Waals surface area contributed by atoms with E-state index in [0.29, 0.717) is 12.3 Å². The van der Waals surface area contributed by atoms with E-state index in [4.69, 9.17) is 0 Å². The number of halogens is 1. The SMILES string of the molecule is CC(C)CC(O)Cc1ccc(F)cc1. The molecule has 0 amide bonds. The summed E-state index contributed by atoms with van der Waals surface area (Å²) in [4.78, 5) is 0. The van der Waals surface area contributed by atoms with Crippen molar-refractivity contribution in [3.05, 3.63) is 35.6 Å². The standard InChI is InChI=1S/C12H17FO/c1-9(2)7-12(14)8-10-3-5-11(13)6-4-10/h3-6,9,12,14H,7-8H2,1-2H3. The average molecular weight is 196 g/mol. The first-order chi connectivity index (χ1) is 6.58. The van der Waals surface area contributed by atoms with Crippen molar-refractivity contribution in [3.63, 3.8) is 0 Å². The van der Waals surface area contributed by atoms with Crippen LogP contribution in [0, 0.1) is 11.7 Å². The molecular weight excluding hydrogens is 179 g/mol. The number of rotatable bonds is 4. The van der Waals surface area contributed by atoms with Gasteiger partial charge in [-0.2, -0.15) is 0 Å². The minimum atomic E-state index is -0.319. The first-order valence-electron chi connectivity index (χ1n) is 5.00. The van der Waals surface area contributed by atoms with E-state index in [2.05, 4.69) is 13.8 Å². The zero-order chi connectivity index (χ0) is 10.6. The second kappa shape index (κ2) is 5.11. The second-order valence-electron chi connectivity index (χ2n) is 4.11. The molecule has 1 N–H and O–H groups in total. The Balaban J connectivity index is 2.47. The van der Waals surface area contributed by atoms with Crippen LogP contribution in [0.4, 0.5) is 4.39 Å². The van der Waals surface area contributed by atoms with Crippen molar-refractivity contribution in [1.82, 2.24) is 0 Å². The lowest BCUT2D eigenvalue weighted by molar-refractivity contribution is 0.149. The number of hydrogen-bond donors (Lipinski definition) is 1. The molecule has 1 atom stereocenters. The lowest BCUT2D eigenvalue weighted by atomic mass is 10.00. The number of benzene rings is 1. The summed E-state index contributed by atoms with van der Waals surface area (Å²) in [6, 6.07) is 6.30. The first kappa shape index (κ1) is 11.2. The molecule has 0 aliphatic heterocycles. The molecule has 1 rings (SSSR count). The quantitative estimate of drug-likeness (QED) is 0.785. The lowest BCUT2D eigenvalue weighted by Gasteiger charge is -2.12. The van der Waals surface area contributed by atoms with E-state index in [1.54, 1.807) is 12.1 Å². The molecular formula is C12H17FO. The molecule has 0 aromatic heterocycles. The summed E-state index contributed by atoms with van der Waals surface area (Å²) in [5.41, 5.74) is 0.986. The van der Waals surface area contributed by atoms with Crippen LogP contribution >= 0.6 is 0 Å². The fourth-order valence-electron chi connectivity index (χ4n) is 1.52. The maximum Gasteiger partial charge on any atom is 0.123 e. The zero-order valence-electron chi connectivity index (χ0n) is 8.70. The molecule has 0 heterocycles. The average Bonchev–Trinajstić information content (AvgIpc) is 2.07. The van der Waals surface area contributed by atoms with Crippen LogP contribution in [0.1, 0.15) is 25.8 Å². The Morgan fingerprint density at radius 3 is 2.29 bits per heavy atom. The van der Waals surface area contributed by atoms with Gasteiger partial charge in [-0.15, -0.1) is 0 Å². The highest BCUT2D eigenvalue weighted by molar-refractivity contribution is 5.16. The van der Waals surface area contributed by atoms with Gasteiger partial charge in [0.1, 0.15) is 5.82 Å². The summed E-state index contributed by atoms with van der Waals surface area (Å²) in [5, 5.41) is 9.65. The van der Waals surface area contributed by atoms with Gasteiger partial charge in [0.15, 0.2) is 0 Å². The van der Waals surface area contributed by atoms with Crippen molar-refractivity contribution in [2.75, 3.05) is 0 Å². The van der Waals surface area contributed by atoms with Crippen molar-refractivity contribution in [3.8, 4) is 0 Å². The van der Waals surface area contributed by atoms with Crippen molar-refractivity contribution >= 4 is 0 Å². The van der Waals surface area contributed by atoms with Crippen LogP contribution in [-0.2, 0) is 6.42 Å². The molecule has 0 aliphatic carbocycles. The Hall–Kier alpha value is -0.890. The van der Waals surface area contributed by atoms with E-state index >= 15 is 0 Å². The molecule has 1 aromatic carbocycles. The van der Waals surface area contributed by atoms with Crippen molar-refractivity contribution in [1.29, 1.82) is 0 Å². The molecule has 1 unspecified atom stereocenters. The van der Waals surface area contributed by atoms with E-state index in [1.807, 2.05) is 0 Å². The van der Waals surface area contributed by atoms with Crippen LogP contribution in [0.25, 0.3) is 0 Å². The third-order valence-electron chi connectivity index (χ3n) is 2.13. The molecule has 2 heteroatoms. The van der Waals surface area contributed by atoms with E-state index in [0.717, 1.165) is 12.0 Å². The monoisotopic (exact) mass is 196 g/mol. The van der Waals surface area contributed by atoms with Crippen LogP contribution in [0.3, 0.4) is 0 Å². The van der Waals surface area contributed by atoms with Gasteiger partial charge < -0.3 is 5.11 Å². The summed E-state index contributed by atoms with van der Waals surface area (Å²) in [6.45, 7) is 4.15. The topological polar surface area (TPSA) is 20.2 Å². The number of aliphatic hydroxyl groups is 1. The van der Waals surface area contributed by atoms with Gasteiger partial charge in [-0.1, -0.05) is 26.0 Å². The third-order valence-corrected chi connectivity index (χ3v) is 2.13. The summed E-state index contributed by atoms with van der Waals surface area (Å²) >= 11 is 0. The van der Waals surface area contributed by atoms with E-state index < -0.39 is 0 Å². The van der Waals surface area contributed by atoms with Crippen LogP contribution in [0.5, 0.6) is 0 Å². The van der Waals surface area contributed by atoms with Gasteiger partial charge in [-0.05, 0) is 36.5 Å². The largest absolute Gasteiger partial charge is 0.393 e. The van der Waals surface area contributed by atoms with Crippen molar-refractivity contribution in [2.45, 2.75) is 32.8 Å². The predicted octanol–water partition coefficient (Wildman–Crippen LogP) is 2.78. The van der Waals surface area contributed by atoms with E-state index in [-0.39, 0.29) is 11.9 Å². The second-order valence-corrected chi connectivity index (χ2v) is 4.11. The van der Waals surface area contributed by atoms with Gasteiger partial charge in [0.25, 0.3) is 0 Å². The zero-order valence-corrected chi connectivity index (χ0v) is 8.70. The fraction of sp³-hybridized carbons (Fsp3) is 0.500. The van der Waals surface area contributed by atoms with Crippen molar-refractivity contribution in [2.24, 2.45) is 5.92 Å². The molecule has 0 radical (unpaired) electrons. The predicted molar refractivity (Wildman–Crippen MR) is 55.6 cm³/mol. The van der Waals surface area contributed by atoms with E-state index in [1.165, 1.54) is 12.1 Å². The molecule has 14 heavy (non-hydrogen) atoms. The highest BCUT2D eigenvalue weighted by Crippen LogP contribution is 2.11. The molecule has 0 saturated carbocycles. The van der Waals surface area contributed by atoms with Gasteiger partial charge >= 0.3 is 0 Å². The Bertz CT molecular complexity index is 266. The molecule has 0 saturated heterocycles. The highest BCUT2D eigenvalue weighted by atomic mass is 19.1. The Kier molecular flexibility index (Phi) is 4.08. The van der Waals surface area contributed by atoms with Crippen LogP contribution in [0.15, 0.2) is 24.3 Å². The van der Waals surface area contributed by atoms with Gasteiger partial charge in [0.2, 0.25) is 0 Å². The normalized spacial score (nSPS) is 13.2. The van der Waals surface area contributed by atoms with Gasteiger partial charge in [0.05, 0.1) is 6.10 Å². The Morgan fingerprint density at radius 2 is 1.79 bits per heavy atom. The first-order valence-corrected chi connectivity index (χ1v) is 5.00. The van der Waals surface area contributed by atoms with Crippen LogP contribution < -0.4 is 0 Å². The number of hydrogen-bond acceptors (Lipinski definition) is 1. The molecule has 0 fully saturated rings. The molecule has 1 aromatic rings. The molecule has 0 bridgehead atoms. The fourth-order valence-corrected chi connectivity index (χ4v) is 1.52. The third kappa shape index (κ3) is 3.88. The Morgan fingerprint density at radius 1 is 1.21 bits per heavy atom. The molecule has 0 aliphatic rings. The highest BCUT2D eigenvalue weighted by Gasteiger charge is 2.07. The smallest absolute Gasteiger partial charge is 0.123 e. The number of aliphatic hydroxyl groups excluding tert-OH is 1. The van der Waals surface area contributed by atoms with Crippen LogP contribution in [-0.4, -0.2) is 11.2 Å². The summed E-state index contributed by atoms with van der Waals surface area (Å²) in [5.74, 6) is 0.262. The minimum absolute atomic E-state index is 0.230. The lowest BCUT2D eigenvalue weighted by Crippen LogP contribution is -2.13.